The molecule has 1 aromatic heterocycles. The lowest BCUT2D eigenvalue weighted by Crippen LogP contribution is -2.08. The molecular formula is C11H6ClF3N2S. The smallest absolute Gasteiger partial charge is 0.230 e. The number of hydrogen-bond donors (Lipinski definition) is 0. The van der Waals surface area contributed by atoms with E-state index in [1.807, 2.05) is 18.2 Å². The number of alkyl halides is 3. The van der Waals surface area contributed by atoms with Crippen LogP contribution in [0.3, 0.4) is 0 Å². The van der Waals surface area contributed by atoms with E-state index < -0.39 is 16.9 Å². The molecule has 0 bridgehead atoms. The highest BCUT2D eigenvalue weighted by molar-refractivity contribution is 7.99. The minimum Gasteiger partial charge on any atom is -0.230 e. The molecular weight excluding hydrogens is 285 g/mol. The van der Waals surface area contributed by atoms with Crippen LogP contribution in [0.1, 0.15) is 5.56 Å². The second kappa shape index (κ2) is 5.16. The van der Waals surface area contributed by atoms with Crippen molar-refractivity contribution in [1.82, 2.24) is 9.97 Å². The molecule has 1 aromatic carbocycles. The largest absolute Gasteiger partial charge is 0.420 e. The van der Waals surface area contributed by atoms with Gasteiger partial charge in [0.15, 0.2) is 5.16 Å². The van der Waals surface area contributed by atoms with Crippen LogP contribution in [0.2, 0.25) is 5.15 Å². The van der Waals surface area contributed by atoms with E-state index in [-0.39, 0.29) is 5.16 Å². The van der Waals surface area contributed by atoms with Gasteiger partial charge in [-0.3, -0.25) is 0 Å². The van der Waals surface area contributed by atoms with E-state index in [2.05, 4.69) is 9.97 Å². The normalized spacial score (nSPS) is 11.6. The van der Waals surface area contributed by atoms with E-state index in [0.29, 0.717) is 6.20 Å². The van der Waals surface area contributed by atoms with Crippen LogP contribution in [-0.4, -0.2) is 9.97 Å². The van der Waals surface area contributed by atoms with Crippen LogP contribution in [0, 0.1) is 0 Å². The van der Waals surface area contributed by atoms with Crippen LogP contribution < -0.4 is 0 Å². The van der Waals surface area contributed by atoms with Gasteiger partial charge in [0.05, 0.1) is 0 Å². The number of benzene rings is 1. The molecule has 0 atom stereocenters. The van der Waals surface area contributed by atoms with Gasteiger partial charge < -0.3 is 0 Å². The summed E-state index contributed by atoms with van der Waals surface area (Å²) in [6.45, 7) is 0. The zero-order valence-corrected chi connectivity index (χ0v) is 10.4. The molecule has 18 heavy (non-hydrogen) atoms. The Morgan fingerprint density at radius 3 is 2.33 bits per heavy atom. The average Bonchev–Trinajstić information content (AvgIpc) is 2.28. The van der Waals surface area contributed by atoms with Crippen LogP contribution in [0.4, 0.5) is 13.2 Å². The summed E-state index contributed by atoms with van der Waals surface area (Å²) in [5, 5.41) is -0.407. The quantitative estimate of drug-likeness (QED) is 0.609. The Morgan fingerprint density at radius 2 is 1.78 bits per heavy atom. The Morgan fingerprint density at radius 1 is 1.11 bits per heavy atom. The highest BCUT2D eigenvalue weighted by atomic mass is 35.5. The van der Waals surface area contributed by atoms with Crippen LogP contribution in [0.15, 0.2) is 46.6 Å². The lowest BCUT2D eigenvalue weighted by atomic mass is 10.3. The van der Waals surface area contributed by atoms with Crippen molar-refractivity contribution in [1.29, 1.82) is 0 Å². The van der Waals surface area contributed by atoms with Gasteiger partial charge in [0, 0.05) is 11.1 Å². The zero-order valence-electron chi connectivity index (χ0n) is 8.78. The third-order valence-corrected chi connectivity index (χ3v) is 3.15. The summed E-state index contributed by atoms with van der Waals surface area (Å²) in [5.41, 5.74) is -1.03. The van der Waals surface area contributed by atoms with E-state index in [1.165, 1.54) is 0 Å². The Labute approximate surface area is 110 Å². The molecule has 0 aliphatic heterocycles. The zero-order chi connectivity index (χ0) is 13.2. The minimum absolute atomic E-state index is 0.180. The van der Waals surface area contributed by atoms with E-state index in [1.54, 1.807) is 12.1 Å². The van der Waals surface area contributed by atoms with Gasteiger partial charge in [0.25, 0.3) is 0 Å². The molecule has 0 radical (unpaired) electrons. The highest BCUT2D eigenvalue weighted by Gasteiger charge is 2.34. The average molecular weight is 291 g/mol. The molecule has 2 rings (SSSR count). The van der Waals surface area contributed by atoms with Crippen molar-refractivity contribution in [3.8, 4) is 0 Å². The molecule has 0 N–H and O–H groups in total. The number of nitrogens with zero attached hydrogens (tertiary/aromatic N) is 2. The topological polar surface area (TPSA) is 25.8 Å². The number of aromatic nitrogens is 2. The van der Waals surface area contributed by atoms with Crippen LogP contribution in [0.5, 0.6) is 0 Å². The maximum absolute atomic E-state index is 12.4. The van der Waals surface area contributed by atoms with E-state index >= 15 is 0 Å². The summed E-state index contributed by atoms with van der Waals surface area (Å²) in [6, 6.07) is 9.08. The van der Waals surface area contributed by atoms with Crippen molar-refractivity contribution in [2.45, 2.75) is 16.2 Å². The fourth-order valence-electron chi connectivity index (χ4n) is 1.18. The lowest BCUT2D eigenvalue weighted by molar-refractivity contribution is -0.138. The molecule has 1 heterocycles. The highest BCUT2D eigenvalue weighted by Crippen LogP contribution is 2.34. The van der Waals surface area contributed by atoms with Gasteiger partial charge in [-0.05, 0) is 23.9 Å². The molecule has 94 valence electrons. The molecule has 2 nitrogen and oxygen atoms in total. The van der Waals surface area contributed by atoms with Crippen molar-refractivity contribution >= 4 is 23.4 Å². The van der Waals surface area contributed by atoms with Crippen LogP contribution >= 0.6 is 23.4 Å². The molecule has 0 spiro atoms. The van der Waals surface area contributed by atoms with Crippen molar-refractivity contribution in [2.24, 2.45) is 0 Å². The third-order valence-electron chi connectivity index (χ3n) is 1.98. The summed E-state index contributed by atoms with van der Waals surface area (Å²) >= 11 is 6.64. The predicted molar refractivity (Wildman–Crippen MR) is 62.6 cm³/mol. The van der Waals surface area contributed by atoms with Gasteiger partial charge in [-0.1, -0.05) is 29.8 Å². The van der Waals surface area contributed by atoms with Gasteiger partial charge >= 0.3 is 6.18 Å². The number of rotatable bonds is 2. The second-order valence-electron chi connectivity index (χ2n) is 3.27. The lowest BCUT2D eigenvalue weighted by Gasteiger charge is -2.08. The number of halogens is 4. The fraction of sp³-hybridized carbons (Fsp3) is 0.0909. The Kier molecular flexibility index (Phi) is 3.77. The molecule has 0 aliphatic rings. The van der Waals surface area contributed by atoms with Crippen molar-refractivity contribution in [3.05, 3.63) is 47.2 Å². The SMILES string of the molecule is FC(F)(F)c1cnc(Sc2ccccc2)nc1Cl. The molecule has 0 saturated carbocycles. The van der Waals surface area contributed by atoms with Crippen molar-refractivity contribution in [2.75, 3.05) is 0 Å². The van der Waals surface area contributed by atoms with E-state index in [0.717, 1.165) is 16.7 Å². The van der Waals surface area contributed by atoms with Crippen molar-refractivity contribution < 1.29 is 13.2 Å². The van der Waals surface area contributed by atoms with Gasteiger partial charge in [0.1, 0.15) is 10.7 Å². The maximum Gasteiger partial charge on any atom is 0.420 e. The summed E-state index contributed by atoms with van der Waals surface area (Å²) < 4.78 is 37.3. The molecule has 0 amide bonds. The van der Waals surface area contributed by atoms with Gasteiger partial charge in [-0.2, -0.15) is 13.2 Å². The molecule has 0 fully saturated rings. The molecule has 7 heteroatoms. The Bertz CT molecular complexity index is 546. The van der Waals surface area contributed by atoms with Gasteiger partial charge in [0.2, 0.25) is 0 Å². The van der Waals surface area contributed by atoms with Gasteiger partial charge in [-0.15, -0.1) is 0 Å². The standard InChI is InChI=1S/C11H6ClF3N2S/c12-9-8(11(13,14)15)6-16-10(17-9)18-7-4-2-1-3-5-7/h1-6H. The maximum atomic E-state index is 12.4. The fourth-order valence-corrected chi connectivity index (χ4v) is 2.21. The summed E-state index contributed by atoms with van der Waals surface area (Å²) in [4.78, 5) is 8.11. The second-order valence-corrected chi connectivity index (χ2v) is 4.67. The van der Waals surface area contributed by atoms with Crippen LogP contribution in [-0.2, 0) is 6.18 Å². The summed E-state index contributed by atoms with van der Waals surface area (Å²) in [7, 11) is 0. The van der Waals surface area contributed by atoms with Crippen molar-refractivity contribution in [3.63, 3.8) is 0 Å². The molecule has 2 aromatic rings. The monoisotopic (exact) mass is 290 g/mol. The molecule has 0 unspecified atom stereocenters. The molecule has 0 saturated heterocycles. The first kappa shape index (κ1) is 13.2. The summed E-state index contributed by atoms with van der Waals surface area (Å²) in [6.07, 6.45) is -3.84. The minimum atomic E-state index is -4.53. The van der Waals surface area contributed by atoms with Gasteiger partial charge in [-0.25, -0.2) is 9.97 Å². The summed E-state index contributed by atoms with van der Waals surface area (Å²) in [5.74, 6) is 0. The first-order valence-electron chi connectivity index (χ1n) is 4.79. The first-order valence-corrected chi connectivity index (χ1v) is 5.99. The van der Waals surface area contributed by atoms with E-state index in [4.69, 9.17) is 11.6 Å². The predicted octanol–water partition coefficient (Wildman–Crippen LogP) is 4.30. The number of hydrogen-bond acceptors (Lipinski definition) is 3. The van der Waals surface area contributed by atoms with E-state index in [9.17, 15) is 13.2 Å². The Hall–Kier alpha value is -1.27. The Balaban J connectivity index is 2.25. The molecule has 0 aliphatic carbocycles. The third kappa shape index (κ3) is 3.14. The van der Waals surface area contributed by atoms with Crippen LogP contribution in [0.25, 0.3) is 0 Å². The first-order chi connectivity index (χ1) is 8.47.